The first-order valence-corrected chi connectivity index (χ1v) is 10.8. The van der Waals surface area contributed by atoms with E-state index in [0.29, 0.717) is 6.10 Å². The maximum absolute atomic E-state index is 5.95. The first-order valence-electron chi connectivity index (χ1n) is 10.8. The van der Waals surface area contributed by atoms with Gasteiger partial charge in [0.05, 0.1) is 12.4 Å². The maximum Gasteiger partial charge on any atom is 0.0978 e. The molecule has 2 fully saturated rings. The summed E-state index contributed by atoms with van der Waals surface area (Å²) in [6.07, 6.45) is 27.0. The minimum absolute atomic E-state index is 0.493. The van der Waals surface area contributed by atoms with Crippen molar-refractivity contribution in [2.75, 3.05) is 0 Å². The third kappa shape index (κ3) is 7.03. The number of rotatable bonds is 9. The molecule has 1 heteroatoms. The Morgan fingerprint density at radius 3 is 2.04 bits per heavy atom. The Bertz CT molecular complexity index is 354. The molecule has 0 aliphatic heterocycles. The molecule has 24 heavy (non-hydrogen) atoms. The highest BCUT2D eigenvalue weighted by Gasteiger charge is 2.30. The number of ether oxygens (including phenoxy) is 1. The monoisotopic (exact) mass is 332 g/mol. The topological polar surface area (TPSA) is 9.23 Å². The number of unbranched alkanes of at least 4 members (excludes halogenated alkanes) is 3. The van der Waals surface area contributed by atoms with Crippen molar-refractivity contribution in [1.82, 2.24) is 0 Å². The number of hydrogen-bond donors (Lipinski definition) is 0. The molecule has 0 amide bonds. The maximum atomic E-state index is 5.95. The summed E-state index contributed by atoms with van der Waals surface area (Å²) in [5.41, 5.74) is 0. The fourth-order valence-corrected chi connectivity index (χ4v) is 4.52. The summed E-state index contributed by atoms with van der Waals surface area (Å²) in [6, 6.07) is 0. The first-order chi connectivity index (χ1) is 11.8. The summed E-state index contributed by atoms with van der Waals surface area (Å²) in [7, 11) is 0. The lowest BCUT2D eigenvalue weighted by Crippen LogP contribution is -2.27. The number of hydrogen-bond acceptors (Lipinski definition) is 1. The Kier molecular flexibility index (Phi) is 9.61. The van der Waals surface area contributed by atoms with Crippen LogP contribution < -0.4 is 0 Å². The summed E-state index contributed by atoms with van der Waals surface area (Å²) >= 11 is 0. The molecule has 2 rings (SSSR count). The predicted octanol–water partition coefficient (Wildman–Crippen LogP) is 7.43. The van der Waals surface area contributed by atoms with Gasteiger partial charge in [0.25, 0.3) is 0 Å². The van der Waals surface area contributed by atoms with Crippen molar-refractivity contribution in [3.63, 3.8) is 0 Å². The molecular weight excluding hydrogens is 292 g/mol. The van der Waals surface area contributed by atoms with Gasteiger partial charge in [-0.3, -0.25) is 0 Å². The van der Waals surface area contributed by atoms with Gasteiger partial charge in [0.1, 0.15) is 0 Å². The Hall–Kier alpha value is -0.720. The van der Waals surface area contributed by atoms with E-state index in [9.17, 15) is 0 Å². The molecule has 0 saturated heterocycles. The summed E-state index contributed by atoms with van der Waals surface area (Å²) < 4.78 is 5.95. The number of allylic oxidation sites excluding steroid dienone is 3. The molecule has 2 aliphatic rings. The lowest BCUT2D eigenvalue weighted by atomic mass is 9.70. The molecule has 0 heterocycles. The van der Waals surface area contributed by atoms with Gasteiger partial charge >= 0.3 is 0 Å². The Labute approximate surface area is 150 Å². The van der Waals surface area contributed by atoms with Crippen LogP contribution >= 0.6 is 0 Å². The van der Waals surface area contributed by atoms with E-state index in [2.05, 4.69) is 32.1 Å². The van der Waals surface area contributed by atoms with E-state index < -0.39 is 0 Å². The molecule has 0 radical (unpaired) electrons. The fourth-order valence-electron chi connectivity index (χ4n) is 4.52. The van der Waals surface area contributed by atoms with Crippen molar-refractivity contribution < 1.29 is 4.74 Å². The zero-order valence-corrected chi connectivity index (χ0v) is 16.2. The standard InChI is InChI=1S/C23H40O/c1-3-5-7-9-19-24-23-17-15-22(16-18-23)21-13-11-20(12-14-21)10-8-6-4-2/h8-10,19-23H,3-7,11-18H2,1-2H3/b10-8+,19-9+. The molecule has 0 aromatic rings. The van der Waals surface area contributed by atoms with Crippen LogP contribution in [0.4, 0.5) is 0 Å². The van der Waals surface area contributed by atoms with Crippen LogP contribution in [-0.2, 0) is 4.74 Å². The van der Waals surface area contributed by atoms with Gasteiger partial charge in [0.15, 0.2) is 0 Å². The molecule has 0 bridgehead atoms. The van der Waals surface area contributed by atoms with E-state index in [0.717, 1.165) is 17.8 Å². The van der Waals surface area contributed by atoms with E-state index in [1.807, 2.05) is 6.26 Å². The highest BCUT2D eigenvalue weighted by atomic mass is 16.5. The molecule has 2 saturated carbocycles. The van der Waals surface area contributed by atoms with Gasteiger partial charge in [-0.05, 0) is 94.5 Å². The average molecular weight is 333 g/mol. The van der Waals surface area contributed by atoms with E-state index >= 15 is 0 Å². The third-order valence-electron chi connectivity index (χ3n) is 6.16. The summed E-state index contributed by atoms with van der Waals surface area (Å²) in [4.78, 5) is 0. The molecule has 0 N–H and O–H groups in total. The van der Waals surface area contributed by atoms with Gasteiger partial charge in [-0.15, -0.1) is 0 Å². The normalized spacial score (nSPS) is 31.8. The van der Waals surface area contributed by atoms with Gasteiger partial charge in [0, 0.05) is 0 Å². The summed E-state index contributed by atoms with van der Waals surface area (Å²) in [5, 5.41) is 0. The van der Waals surface area contributed by atoms with Crippen molar-refractivity contribution >= 4 is 0 Å². The van der Waals surface area contributed by atoms with Crippen LogP contribution in [0.2, 0.25) is 0 Å². The smallest absolute Gasteiger partial charge is 0.0978 e. The van der Waals surface area contributed by atoms with Crippen molar-refractivity contribution in [3.8, 4) is 0 Å². The molecule has 1 nitrogen and oxygen atoms in total. The first kappa shape index (κ1) is 19.6. The third-order valence-corrected chi connectivity index (χ3v) is 6.16. The van der Waals surface area contributed by atoms with Crippen molar-refractivity contribution in [1.29, 1.82) is 0 Å². The lowest BCUT2D eigenvalue weighted by Gasteiger charge is -2.37. The van der Waals surface area contributed by atoms with Gasteiger partial charge < -0.3 is 4.74 Å². The molecule has 0 aromatic heterocycles. The van der Waals surface area contributed by atoms with Crippen LogP contribution in [0, 0.1) is 17.8 Å². The summed E-state index contributed by atoms with van der Waals surface area (Å²) in [6.45, 7) is 4.51. The van der Waals surface area contributed by atoms with E-state index in [1.54, 1.807) is 0 Å². The molecular formula is C23H40O. The fraction of sp³-hybridized carbons (Fsp3) is 0.826. The highest BCUT2D eigenvalue weighted by molar-refractivity contribution is 4.92. The zero-order valence-electron chi connectivity index (χ0n) is 16.2. The second-order valence-electron chi connectivity index (χ2n) is 8.08. The zero-order chi connectivity index (χ0) is 17.0. The van der Waals surface area contributed by atoms with E-state index in [4.69, 9.17) is 4.74 Å². The van der Waals surface area contributed by atoms with Crippen molar-refractivity contribution in [3.05, 3.63) is 24.5 Å². The van der Waals surface area contributed by atoms with Gasteiger partial charge in [-0.1, -0.05) is 38.8 Å². The quantitative estimate of drug-likeness (QED) is 0.242. The largest absolute Gasteiger partial charge is 0.498 e. The van der Waals surface area contributed by atoms with Crippen LogP contribution in [0.5, 0.6) is 0 Å². The lowest BCUT2D eigenvalue weighted by molar-refractivity contribution is 0.0649. The Morgan fingerprint density at radius 2 is 1.42 bits per heavy atom. The van der Waals surface area contributed by atoms with E-state index in [-0.39, 0.29) is 0 Å². The minimum atomic E-state index is 0.493. The minimum Gasteiger partial charge on any atom is -0.498 e. The van der Waals surface area contributed by atoms with Crippen LogP contribution in [-0.4, -0.2) is 6.10 Å². The van der Waals surface area contributed by atoms with Gasteiger partial charge in [-0.25, -0.2) is 0 Å². The highest BCUT2D eigenvalue weighted by Crippen LogP contribution is 2.40. The molecule has 0 spiro atoms. The second-order valence-corrected chi connectivity index (χ2v) is 8.08. The van der Waals surface area contributed by atoms with Crippen molar-refractivity contribution in [2.45, 2.75) is 103 Å². The summed E-state index contributed by atoms with van der Waals surface area (Å²) in [5.74, 6) is 2.86. The van der Waals surface area contributed by atoms with E-state index in [1.165, 1.54) is 83.5 Å². The SMILES string of the molecule is CCC/C=C/C1CCC(C2CCC(O/C=C/CCCC)CC2)CC1. The Morgan fingerprint density at radius 1 is 0.750 bits per heavy atom. The molecule has 0 unspecified atom stereocenters. The van der Waals surface area contributed by atoms with Gasteiger partial charge in [-0.2, -0.15) is 0 Å². The van der Waals surface area contributed by atoms with Crippen LogP contribution in [0.1, 0.15) is 97.3 Å². The molecule has 138 valence electrons. The van der Waals surface area contributed by atoms with Crippen LogP contribution in [0.25, 0.3) is 0 Å². The van der Waals surface area contributed by atoms with Crippen molar-refractivity contribution in [2.24, 2.45) is 17.8 Å². The predicted molar refractivity (Wildman–Crippen MR) is 105 cm³/mol. The van der Waals surface area contributed by atoms with Crippen LogP contribution in [0.3, 0.4) is 0 Å². The molecule has 2 aliphatic carbocycles. The van der Waals surface area contributed by atoms with Gasteiger partial charge in [0.2, 0.25) is 0 Å². The van der Waals surface area contributed by atoms with Crippen LogP contribution in [0.15, 0.2) is 24.5 Å². The molecule has 0 aromatic carbocycles. The molecule has 0 atom stereocenters. The Balaban J connectivity index is 1.60. The second kappa shape index (κ2) is 11.8. The average Bonchev–Trinajstić information content (AvgIpc) is 2.63.